The quantitative estimate of drug-likeness (QED) is 0.713. The standard InChI is InChI=1S/C14H9BrClN3O2/c15-10-3-7(6-17)1-2-12(10)19-13-9(14(20)21)4-8(18)5-11(13)16/h1-5,19H,18H2,(H,20,21). The van der Waals surface area contributed by atoms with E-state index in [0.29, 0.717) is 15.7 Å². The Bertz CT molecular complexity index is 772. The number of nitrogen functional groups attached to an aromatic ring is 1. The number of aromatic carboxylic acids is 1. The number of nitriles is 1. The third-order valence-electron chi connectivity index (χ3n) is 2.70. The van der Waals surface area contributed by atoms with Gasteiger partial charge < -0.3 is 16.2 Å². The van der Waals surface area contributed by atoms with Crippen molar-refractivity contribution in [1.29, 1.82) is 5.26 Å². The molecule has 21 heavy (non-hydrogen) atoms. The molecule has 0 radical (unpaired) electrons. The molecule has 0 aliphatic rings. The predicted molar refractivity (Wildman–Crippen MR) is 85.0 cm³/mol. The van der Waals surface area contributed by atoms with Crippen LogP contribution in [0.4, 0.5) is 17.1 Å². The second-order valence-corrected chi connectivity index (χ2v) is 5.42. The van der Waals surface area contributed by atoms with Gasteiger partial charge in [0.05, 0.1) is 33.6 Å². The van der Waals surface area contributed by atoms with Gasteiger partial charge in [0.15, 0.2) is 0 Å². The van der Waals surface area contributed by atoms with Gasteiger partial charge in [-0.1, -0.05) is 11.6 Å². The number of halogens is 2. The zero-order valence-electron chi connectivity index (χ0n) is 10.5. The molecule has 2 rings (SSSR count). The van der Waals surface area contributed by atoms with Crippen LogP contribution in [0.3, 0.4) is 0 Å². The summed E-state index contributed by atoms with van der Waals surface area (Å²) in [6, 6.07) is 9.69. The van der Waals surface area contributed by atoms with Gasteiger partial charge in [-0.15, -0.1) is 0 Å². The first-order valence-corrected chi connectivity index (χ1v) is 6.88. The van der Waals surface area contributed by atoms with Crippen LogP contribution in [0.1, 0.15) is 15.9 Å². The molecule has 0 heterocycles. The molecule has 0 unspecified atom stereocenters. The summed E-state index contributed by atoms with van der Waals surface area (Å²) in [4.78, 5) is 11.3. The van der Waals surface area contributed by atoms with E-state index in [1.54, 1.807) is 18.2 Å². The van der Waals surface area contributed by atoms with E-state index in [1.165, 1.54) is 12.1 Å². The number of hydrogen-bond donors (Lipinski definition) is 3. The average molecular weight is 367 g/mol. The molecule has 0 aliphatic heterocycles. The second-order valence-electron chi connectivity index (χ2n) is 4.16. The van der Waals surface area contributed by atoms with E-state index in [4.69, 9.17) is 22.6 Å². The number of carboxylic acid groups (broad SMARTS) is 1. The number of anilines is 3. The van der Waals surface area contributed by atoms with Crippen molar-refractivity contribution in [3.05, 3.63) is 51.0 Å². The first-order chi connectivity index (χ1) is 9.92. The molecule has 0 atom stereocenters. The topological polar surface area (TPSA) is 99.1 Å². The number of nitrogens with two attached hydrogens (primary N) is 1. The van der Waals surface area contributed by atoms with Crippen LogP contribution in [-0.2, 0) is 0 Å². The van der Waals surface area contributed by atoms with Gasteiger partial charge in [0.2, 0.25) is 0 Å². The lowest BCUT2D eigenvalue weighted by Gasteiger charge is -2.14. The summed E-state index contributed by atoms with van der Waals surface area (Å²) in [5.41, 5.74) is 7.15. The van der Waals surface area contributed by atoms with E-state index >= 15 is 0 Å². The molecule has 2 aromatic rings. The number of hydrogen-bond acceptors (Lipinski definition) is 4. The van der Waals surface area contributed by atoms with E-state index in [0.717, 1.165) is 0 Å². The highest BCUT2D eigenvalue weighted by Crippen LogP contribution is 2.34. The number of nitrogens with one attached hydrogen (secondary N) is 1. The summed E-state index contributed by atoms with van der Waals surface area (Å²) in [6.07, 6.45) is 0. The van der Waals surface area contributed by atoms with Crippen LogP contribution in [0.2, 0.25) is 5.02 Å². The monoisotopic (exact) mass is 365 g/mol. The molecule has 0 saturated heterocycles. The van der Waals surface area contributed by atoms with E-state index in [-0.39, 0.29) is 22.0 Å². The van der Waals surface area contributed by atoms with Crippen LogP contribution in [-0.4, -0.2) is 11.1 Å². The van der Waals surface area contributed by atoms with E-state index < -0.39 is 5.97 Å². The first-order valence-electron chi connectivity index (χ1n) is 5.71. The molecule has 0 fully saturated rings. The Balaban J connectivity index is 2.49. The van der Waals surface area contributed by atoms with Gasteiger partial charge in [0.1, 0.15) is 0 Å². The minimum atomic E-state index is -1.14. The zero-order chi connectivity index (χ0) is 15.6. The summed E-state index contributed by atoms with van der Waals surface area (Å²) in [5, 5.41) is 21.2. The summed E-state index contributed by atoms with van der Waals surface area (Å²) in [7, 11) is 0. The number of carbonyl (C=O) groups is 1. The number of benzene rings is 2. The van der Waals surface area contributed by atoms with E-state index in [9.17, 15) is 9.90 Å². The van der Waals surface area contributed by atoms with Gasteiger partial charge in [-0.3, -0.25) is 0 Å². The Morgan fingerprint density at radius 3 is 2.67 bits per heavy atom. The van der Waals surface area contributed by atoms with Crippen molar-refractivity contribution in [3.8, 4) is 6.07 Å². The van der Waals surface area contributed by atoms with Crippen LogP contribution in [0.5, 0.6) is 0 Å². The molecule has 0 aliphatic carbocycles. The summed E-state index contributed by atoms with van der Waals surface area (Å²) < 4.78 is 0.616. The molecule has 0 bridgehead atoms. The molecular weight excluding hydrogens is 358 g/mol. The maximum atomic E-state index is 11.3. The molecule has 0 spiro atoms. The van der Waals surface area contributed by atoms with Crippen molar-refractivity contribution in [3.63, 3.8) is 0 Å². The van der Waals surface area contributed by atoms with E-state index in [1.807, 2.05) is 6.07 Å². The summed E-state index contributed by atoms with van der Waals surface area (Å²) in [5.74, 6) is -1.14. The zero-order valence-corrected chi connectivity index (χ0v) is 12.9. The fourth-order valence-electron chi connectivity index (χ4n) is 1.74. The Morgan fingerprint density at radius 1 is 1.38 bits per heavy atom. The first kappa shape index (κ1) is 15.2. The van der Waals surface area contributed by atoms with Gasteiger partial charge in [-0.25, -0.2) is 4.79 Å². The van der Waals surface area contributed by atoms with Gasteiger partial charge >= 0.3 is 5.97 Å². The van der Waals surface area contributed by atoms with Gasteiger partial charge in [-0.05, 0) is 46.3 Å². The highest BCUT2D eigenvalue weighted by molar-refractivity contribution is 9.10. The molecule has 4 N–H and O–H groups in total. The molecule has 0 amide bonds. The molecule has 5 nitrogen and oxygen atoms in total. The van der Waals surface area contributed by atoms with Crippen molar-refractivity contribution >= 4 is 50.6 Å². The van der Waals surface area contributed by atoms with Crippen molar-refractivity contribution < 1.29 is 9.90 Å². The smallest absolute Gasteiger partial charge is 0.337 e. The van der Waals surface area contributed by atoms with E-state index in [2.05, 4.69) is 21.2 Å². The largest absolute Gasteiger partial charge is 0.478 e. The fraction of sp³-hybridized carbons (Fsp3) is 0. The number of carboxylic acids is 1. The van der Waals surface area contributed by atoms with Crippen molar-refractivity contribution in [2.45, 2.75) is 0 Å². The molecule has 2 aromatic carbocycles. The number of rotatable bonds is 3. The predicted octanol–water partition coefficient (Wildman–Crippen LogP) is 4.00. The highest BCUT2D eigenvalue weighted by atomic mass is 79.9. The molecule has 0 aromatic heterocycles. The molecule has 106 valence electrons. The number of nitrogens with zero attached hydrogens (tertiary/aromatic N) is 1. The maximum absolute atomic E-state index is 11.3. The van der Waals surface area contributed by atoms with Crippen LogP contribution in [0, 0.1) is 11.3 Å². The summed E-state index contributed by atoms with van der Waals surface area (Å²) >= 11 is 9.38. The fourth-order valence-corrected chi connectivity index (χ4v) is 2.50. The average Bonchev–Trinajstić information content (AvgIpc) is 2.42. The van der Waals surface area contributed by atoms with Crippen LogP contribution in [0.15, 0.2) is 34.8 Å². The third-order valence-corrected chi connectivity index (χ3v) is 3.66. The minimum Gasteiger partial charge on any atom is -0.478 e. The van der Waals surface area contributed by atoms with Crippen LogP contribution < -0.4 is 11.1 Å². The lowest BCUT2D eigenvalue weighted by atomic mass is 10.1. The van der Waals surface area contributed by atoms with Crippen molar-refractivity contribution in [2.75, 3.05) is 11.1 Å². The van der Waals surface area contributed by atoms with Crippen LogP contribution >= 0.6 is 27.5 Å². The highest BCUT2D eigenvalue weighted by Gasteiger charge is 2.16. The van der Waals surface area contributed by atoms with Gasteiger partial charge in [0, 0.05) is 10.2 Å². The normalized spacial score (nSPS) is 9.95. The Morgan fingerprint density at radius 2 is 2.10 bits per heavy atom. The lowest BCUT2D eigenvalue weighted by molar-refractivity contribution is 0.0698. The second kappa shape index (κ2) is 6.04. The minimum absolute atomic E-state index is 0.0312. The van der Waals surface area contributed by atoms with Gasteiger partial charge in [0.25, 0.3) is 0 Å². The van der Waals surface area contributed by atoms with Crippen LogP contribution in [0.25, 0.3) is 0 Å². The Kier molecular flexibility index (Phi) is 4.36. The Labute approximate surface area is 134 Å². The van der Waals surface area contributed by atoms with Crippen molar-refractivity contribution in [2.24, 2.45) is 0 Å². The molecule has 0 saturated carbocycles. The van der Waals surface area contributed by atoms with Gasteiger partial charge in [-0.2, -0.15) is 5.26 Å². The van der Waals surface area contributed by atoms with Crippen molar-refractivity contribution in [1.82, 2.24) is 0 Å². The molecular formula is C14H9BrClN3O2. The lowest BCUT2D eigenvalue weighted by Crippen LogP contribution is -2.05. The molecule has 7 heteroatoms. The summed E-state index contributed by atoms with van der Waals surface area (Å²) in [6.45, 7) is 0. The maximum Gasteiger partial charge on any atom is 0.337 e. The Hall–Kier alpha value is -2.23. The third kappa shape index (κ3) is 3.27. The SMILES string of the molecule is N#Cc1ccc(Nc2c(Cl)cc(N)cc2C(=O)O)c(Br)c1.